The van der Waals surface area contributed by atoms with Gasteiger partial charge in [0.1, 0.15) is 11.5 Å². The number of nitrogens with one attached hydrogen (secondary N) is 1. The number of amides is 2. The predicted octanol–water partition coefficient (Wildman–Crippen LogP) is 4.42. The van der Waals surface area contributed by atoms with Gasteiger partial charge in [-0.05, 0) is 47.7 Å². The summed E-state index contributed by atoms with van der Waals surface area (Å²) in [5, 5.41) is 1.93. The van der Waals surface area contributed by atoms with Crippen LogP contribution in [0.3, 0.4) is 0 Å². The second-order valence-electron chi connectivity index (χ2n) is 9.94. The van der Waals surface area contributed by atoms with Gasteiger partial charge in [0.25, 0.3) is 11.8 Å². The van der Waals surface area contributed by atoms with E-state index in [1.807, 2.05) is 5.32 Å². The fourth-order valence-corrected chi connectivity index (χ4v) is 4.91. The van der Waals surface area contributed by atoms with Crippen molar-refractivity contribution in [3.05, 3.63) is 70.9 Å². The Morgan fingerprint density at radius 1 is 1.00 bits per heavy atom. The summed E-state index contributed by atoms with van der Waals surface area (Å²) in [7, 11) is 2.83. The maximum absolute atomic E-state index is 14.9. The third-order valence-electron chi connectivity index (χ3n) is 6.68. The van der Waals surface area contributed by atoms with Gasteiger partial charge in [-0.25, -0.2) is 0 Å². The molecule has 1 aliphatic heterocycles. The molecular formula is C27H27F3N2O5. The molecule has 0 fully saturated rings. The lowest BCUT2D eigenvalue weighted by Crippen LogP contribution is -2.66. The minimum Gasteiger partial charge on any atom is -0.497 e. The highest BCUT2D eigenvalue weighted by atomic mass is 19.4. The second kappa shape index (κ2) is 9.24. The first-order valence-corrected chi connectivity index (χ1v) is 11.6. The Labute approximate surface area is 212 Å². The average Bonchev–Trinajstić information content (AvgIpc) is 3.07. The Kier molecular flexibility index (Phi) is 6.56. The maximum atomic E-state index is 14.9. The van der Waals surface area contributed by atoms with Gasteiger partial charge in [0.2, 0.25) is 5.54 Å². The van der Waals surface area contributed by atoms with Crippen LogP contribution in [0.4, 0.5) is 13.2 Å². The molecule has 10 heteroatoms. The minimum atomic E-state index is -5.29. The number of nitrogens with zero attached hydrogens (tertiary/aromatic N) is 1. The summed E-state index contributed by atoms with van der Waals surface area (Å²) < 4.78 is 55.0. The molecule has 2 aliphatic rings. The van der Waals surface area contributed by atoms with E-state index in [2.05, 4.69) is 0 Å². The van der Waals surface area contributed by atoms with Gasteiger partial charge in [-0.2, -0.15) is 13.2 Å². The number of allylic oxidation sites excluding steroid dienone is 1. The van der Waals surface area contributed by atoms with Crippen LogP contribution in [0.25, 0.3) is 0 Å². The predicted molar refractivity (Wildman–Crippen MR) is 128 cm³/mol. The highest BCUT2D eigenvalue weighted by molar-refractivity contribution is 6.14. The van der Waals surface area contributed by atoms with Crippen molar-refractivity contribution in [2.75, 3.05) is 14.2 Å². The van der Waals surface area contributed by atoms with Crippen LogP contribution >= 0.6 is 0 Å². The lowest BCUT2D eigenvalue weighted by Gasteiger charge is -2.35. The zero-order valence-corrected chi connectivity index (χ0v) is 20.9. The third kappa shape index (κ3) is 4.56. The molecular weight excluding hydrogens is 489 g/mol. The molecule has 1 unspecified atom stereocenters. The summed E-state index contributed by atoms with van der Waals surface area (Å²) in [6.45, 7) is 3.30. The molecule has 0 saturated heterocycles. The number of ketones is 1. The fourth-order valence-electron chi connectivity index (χ4n) is 4.91. The minimum absolute atomic E-state index is 0.0228. The first kappa shape index (κ1) is 26.2. The molecule has 37 heavy (non-hydrogen) atoms. The van der Waals surface area contributed by atoms with Crippen LogP contribution in [0.15, 0.2) is 59.8 Å². The summed E-state index contributed by atoms with van der Waals surface area (Å²) in [6, 6.07) is 12.0. The van der Waals surface area contributed by atoms with Crippen LogP contribution in [0.1, 0.15) is 42.6 Å². The standard InChI is InChI=1S/C27H27F3N2O5/c1-25(2)13-20-22(21(33)14-25)26(27(28,29)30,31-23(34)17-6-5-7-19(12-17)37-4)24(35)32(20)15-16-8-10-18(36-3)11-9-16/h5-12H,13-15H2,1-4H3,(H,31,34). The van der Waals surface area contributed by atoms with E-state index in [4.69, 9.17) is 9.47 Å². The highest BCUT2D eigenvalue weighted by Gasteiger charge is 2.71. The Morgan fingerprint density at radius 3 is 2.24 bits per heavy atom. The van der Waals surface area contributed by atoms with Gasteiger partial charge >= 0.3 is 6.18 Å². The van der Waals surface area contributed by atoms with Crippen molar-refractivity contribution in [2.45, 2.75) is 44.9 Å². The molecule has 0 saturated carbocycles. The number of ether oxygens (including phenoxy) is 2. The van der Waals surface area contributed by atoms with Crippen molar-refractivity contribution in [3.8, 4) is 11.5 Å². The number of carbonyl (C=O) groups excluding carboxylic acids is 3. The molecule has 7 nitrogen and oxygen atoms in total. The summed E-state index contributed by atoms with van der Waals surface area (Å²) in [5.41, 5.74) is -4.53. The number of alkyl halides is 3. The smallest absolute Gasteiger partial charge is 0.425 e. The van der Waals surface area contributed by atoms with E-state index in [1.54, 1.807) is 38.1 Å². The molecule has 0 radical (unpaired) electrons. The van der Waals surface area contributed by atoms with E-state index in [0.717, 1.165) is 4.90 Å². The van der Waals surface area contributed by atoms with Gasteiger partial charge in [0.15, 0.2) is 5.78 Å². The van der Waals surface area contributed by atoms with Crippen LogP contribution < -0.4 is 14.8 Å². The van der Waals surface area contributed by atoms with Crippen LogP contribution in [0, 0.1) is 5.41 Å². The summed E-state index contributed by atoms with van der Waals surface area (Å²) >= 11 is 0. The molecule has 1 aliphatic carbocycles. The Balaban J connectivity index is 1.84. The molecule has 0 bridgehead atoms. The maximum Gasteiger partial charge on any atom is 0.425 e. The number of halogens is 3. The van der Waals surface area contributed by atoms with Gasteiger partial charge < -0.3 is 19.7 Å². The summed E-state index contributed by atoms with van der Waals surface area (Å²) in [5.74, 6) is -2.59. The molecule has 2 amide bonds. The number of hydrogen-bond donors (Lipinski definition) is 1. The lowest BCUT2D eigenvalue weighted by molar-refractivity contribution is -0.190. The van der Waals surface area contributed by atoms with Gasteiger partial charge in [-0.3, -0.25) is 14.4 Å². The third-order valence-corrected chi connectivity index (χ3v) is 6.68. The number of Topliss-reactive ketones (excluding diaryl/α,β-unsaturated/α-hetero) is 1. The number of carbonyl (C=O) groups is 3. The molecule has 1 N–H and O–H groups in total. The Morgan fingerprint density at radius 2 is 1.65 bits per heavy atom. The van der Waals surface area contributed by atoms with E-state index >= 15 is 0 Å². The van der Waals surface area contributed by atoms with Crippen molar-refractivity contribution in [1.29, 1.82) is 0 Å². The van der Waals surface area contributed by atoms with Crippen molar-refractivity contribution < 1.29 is 37.0 Å². The van der Waals surface area contributed by atoms with Crippen molar-refractivity contribution in [1.82, 2.24) is 10.2 Å². The fraction of sp³-hybridized carbons (Fsp3) is 0.370. The normalized spacial score (nSPS) is 21.1. The number of benzene rings is 2. The van der Waals surface area contributed by atoms with E-state index in [0.29, 0.717) is 11.3 Å². The number of rotatable bonds is 6. The topological polar surface area (TPSA) is 84.9 Å². The first-order chi connectivity index (χ1) is 17.3. The molecule has 4 rings (SSSR count). The van der Waals surface area contributed by atoms with Crippen LogP contribution in [-0.4, -0.2) is 48.4 Å². The quantitative estimate of drug-likeness (QED) is 0.615. The Bertz CT molecular complexity index is 1280. The van der Waals surface area contributed by atoms with Gasteiger partial charge in [0, 0.05) is 17.7 Å². The molecule has 0 aromatic heterocycles. The average molecular weight is 517 g/mol. The van der Waals surface area contributed by atoms with Gasteiger partial charge in [-0.15, -0.1) is 0 Å². The number of methoxy groups -OCH3 is 2. The first-order valence-electron chi connectivity index (χ1n) is 11.6. The van der Waals surface area contributed by atoms with Crippen molar-refractivity contribution in [2.24, 2.45) is 5.41 Å². The number of hydrogen-bond acceptors (Lipinski definition) is 5. The monoisotopic (exact) mass is 516 g/mol. The van der Waals surface area contributed by atoms with E-state index in [1.165, 1.54) is 38.5 Å². The zero-order chi connectivity index (χ0) is 27.2. The lowest BCUT2D eigenvalue weighted by atomic mass is 9.72. The SMILES string of the molecule is COc1ccc(CN2C(=O)C(NC(=O)c3cccc(OC)c3)(C(F)(F)F)C3=C2CC(C)(C)CC3=O)cc1. The van der Waals surface area contributed by atoms with Crippen molar-refractivity contribution in [3.63, 3.8) is 0 Å². The van der Waals surface area contributed by atoms with Crippen LogP contribution in [0.2, 0.25) is 0 Å². The van der Waals surface area contributed by atoms with Gasteiger partial charge in [-0.1, -0.05) is 32.0 Å². The molecule has 196 valence electrons. The molecule has 2 aromatic carbocycles. The largest absolute Gasteiger partial charge is 0.497 e. The Hall–Kier alpha value is -3.82. The van der Waals surface area contributed by atoms with Crippen LogP contribution in [-0.2, 0) is 16.1 Å². The molecule has 1 heterocycles. The van der Waals surface area contributed by atoms with E-state index in [-0.39, 0.29) is 36.4 Å². The van der Waals surface area contributed by atoms with Crippen molar-refractivity contribution >= 4 is 17.6 Å². The highest BCUT2D eigenvalue weighted by Crippen LogP contribution is 2.52. The zero-order valence-electron chi connectivity index (χ0n) is 20.9. The van der Waals surface area contributed by atoms with Crippen LogP contribution in [0.5, 0.6) is 11.5 Å². The molecule has 0 spiro atoms. The van der Waals surface area contributed by atoms with E-state index in [9.17, 15) is 27.6 Å². The summed E-state index contributed by atoms with van der Waals surface area (Å²) in [4.78, 5) is 41.1. The second-order valence-corrected chi connectivity index (χ2v) is 9.94. The molecule has 1 atom stereocenters. The van der Waals surface area contributed by atoms with E-state index < -0.39 is 40.3 Å². The van der Waals surface area contributed by atoms with Gasteiger partial charge in [0.05, 0.1) is 26.3 Å². The molecule has 2 aromatic rings. The summed E-state index contributed by atoms with van der Waals surface area (Å²) in [6.07, 6.45) is -5.42.